The van der Waals surface area contributed by atoms with Gasteiger partial charge in [0.15, 0.2) is 0 Å². The maximum absolute atomic E-state index is 12.6. The lowest BCUT2D eigenvalue weighted by atomic mass is 10.2. The third-order valence-electron chi connectivity index (χ3n) is 3.76. The molecule has 0 saturated carbocycles. The number of rotatable bonds is 4. The minimum Gasteiger partial charge on any atom is -0.280 e. The molecule has 2 heterocycles. The minimum absolute atomic E-state index is 0.00902. The summed E-state index contributed by atoms with van der Waals surface area (Å²) in [6.07, 6.45) is 1.73. The van der Waals surface area contributed by atoms with E-state index in [0.717, 1.165) is 20.9 Å². The van der Waals surface area contributed by atoms with Gasteiger partial charge < -0.3 is 0 Å². The average molecular weight is 436 g/mol. The summed E-state index contributed by atoms with van der Waals surface area (Å²) in [5.41, 5.74) is 2.12. The van der Waals surface area contributed by atoms with Crippen LogP contribution in [0.25, 0.3) is 20.9 Å². The molecule has 0 amide bonds. The summed E-state index contributed by atoms with van der Waals surface area (Å²) in [6, 6.07) is 15.2. The number of benzene rings is 2. The first-order valence-corrected chi connectivity index (χ1v) is 10.8. The molecule has 1 N–H and O–H groups in total. The smallest absolute Gasteiger partial charge is 0.263 e. The summed E-state index contributed by atoms with van der Waals surface area (Å²) in [5.74, 6) is 0. The van der Waals surface area contributed by atoms with E-state index < -0.39 is 10.0 Å². The summed E-state index contributed by atoms with van der Waals surface area (Å²) in [5, 5.41) is 0.987. The fraction of sp³-hybridized carbons (Fsp3) is 0. The number of halogens is 2. The monoisotopic (exact) mass is 435 g/mol. The van der Waals surface area contributed by atoms with Crippen LogP contribution in [0.1, 0.15) is 0 Å². The Balaban J connectivity index is 1.61. The molecule has 0 saturated heterocycles. The van der Waals surface area contributed by atoms with E-state index in [2.05, 4.69) is 14.7 Å². The van der Waals surface area contributed by atoms with Crippen LogP contribution in [-0.2, 0) is 10.0 Å². The highest BCUT2D eigenvalue weighted by Crippen LogP contribution is 2.32. The van der Waals surface area contributed by atoms with Crippen LogP contribution in [0.2, 0.25) is 10.0 Å². The zero-order chi connectivity index (χ0) is 19.0. The molecule has 0 unspecified atom stereocenters. The Kier molecular flexibility index (Phi) is 4.77. The van der Waals surface area contributed by atoms with E-state index in [9.17, 15) is 8.42 Å². The Bertz CT molecular complexity index is 1210. The SMILES string of the molecule is O=S(=O)(Nc1ccc(-c2nc3cccnc3s2)cc1)c1cccc(Cl)c1Cl. The van der Waals surface area contributed by atoms with Crippen molar-refractivity contribution < 1.29 is 8.42 Å². The van der Waals surface area contributed by atoms with Crippen molar-refractivity contribution in [3.63, 3.8) is 0 Å². The molecule has 0 radical (unpaired) electrons. The highest BCUT2D eigenvalue weighted by molar-refractivity contribution is 7.92. The molecule has 0 atom stereocenters. The van der Waals surface area contributed by atoms with Gasteiger partial charge in [0.2, 0.25) is 0 Å². The number of sulfonamides is 1. The molecule has 4 aromatic rings. The average Bonchev–Trinajstić information content (AvgIpc) is 3.08. The summed E-state index contributed by atoms with van der Waals surface area (Å²) in [4.78, 5) is 9.61. The molecule has 0 aliphatic heterocycles. The van der Waals surface area contributed by atoms with Crippen LogP contribution in [0, 0.1) is 0 Å². The number of hydrogen-bond donors (Lipinski definition) is 1. The Morgan fingerprint density at radius 1 is 0.963 bits per heavy atom. The number of hydrogen-bond acceptors (Lipinski definition) is 5. The number of pyridine rings is 1. The third-order valence-corrected chi connectivity index (χ3v) is 7.14. The van der Waals surface area contributed by atoms with Gasteiger partial charge in [0.25, 0.3) is 10.0 Å². The second-order valence-corrected chi connectivity index (χ2v) is 9.00. The number of anilines is 1. The second kappa shape index (κ2) is 7.09. The molecule has 9 heteroatoms. The number of fused-ring (bicyclic) bond motifs is 1. The molecule has 2 aromatic heterocycles. The Hall–Kier alpha value is -2.19. The molecule has 0 fully saturated rings. The lowest BCUT2D eigenvalue weighted by molar-refractivity contribution is 0.601. The van der Waals surface area contributed by atoms with Gasteiger partial charge in [-0.2, -0.15) is 0 Å². The summed E-state index contributed by atoms with van der Waals surface area (Å²) in [7, 11) is -3.85. The molecule has 27 heavy (non-hydrogen) atoms. The second-order valence-electron chi connectivity index (χ2n) is 5.58. The number of aromatic nitrogens is 2. The van der Waals surface area contributed by atoms with Crippen molar-refractivity contribution in [1.29, 1.82) is 0 Å². The van der Waals surface area contributed by atoms with E-state index in [0.29, 0.717) is 5.69 Å². The fourth-order valence-corrected chi connectivity index (χ4v) is 5.21. The predicted molar refractivity (Wildman–Crippen MR) is 110 cm³/mol. The van der Waals surface area contributed by atoms with Crippen LogP contribution in [0.3, 0.4) is 0 Å². The van der Waals surface area contributed by atoms with Gasteiger partial charge >= 0.3 is 0 Å². The lowest BCUT2D eigenvalue weighted by Gasteiger charge is -2.10. The van der Waals surface area contributed by atoms with Crippen LogP contribution >= 0.6 is 34.5 Å². The summed E-state index contributed by atoms with van der Waals surface area (Å²) < 4.78 is 27.7. The number of thiazole rings is 1. The van der Waals surface area contributed by atoms with E-state index in [-0.39, 0.29) is 14.9 Å². The van der Waals surface area contributed by atoms with Crippen molar-refractivity contribution in [2.45, 2.75) is 4.90 Å². The van der Waals surface area contributed by atoms with Crippen LogP contribution in [0.4, 0.5) is 5.69 Å². The van der Waals surface area contributed by atoms with Crippen molar-refractivity contribution in [1.82, 2.24) is 9.97 Å². The Morgan fingerprint density at radius 2 is 1.74 bits per heavy atom. The first-order valence-electron chi connectivity index (χ1n) is 7.73. The van der Waals surface area contributed by atoms with Gasteiger partial charge in [-0.05, 0) is 48.5 Å². The predicted octanol–water partition coefficient (Wildman–Crippen LogP) is 5.47. The van der Waals surface area contributed by atoms with Crippen LogP contribution in [-0.4, -0.2) is 18.4 Å². The van der Waals surface area contributed by atoms with Gasteiger partial charge in [0, 0.05) is 17.4 Å². The van der Waals surface area contributed by atoms with Crippen LogP contribution in [0.15, 0.2) is 65.7 Å². The first kappa shape index (κ1) is 18.2. The summed E-state index contributed by atoms with van der Waals surface area (Å²) >= 11 is 13.4. The van der Waals surface area contributed by atoms with E-state index in [1.807, 2.05) is 12.1 Å². The molecule has 0 aliphatic carbocycles. The van der Waals surface area contributed by atoms with E-state index in [1.165, 1.54) is 29.5 Å². The maximum Gasteiger partial charge on any atom is 0.263 e. The van der Waals surface area contributed by atoms with E-state index in [4.69, 9.17) is 23.2 Å². The standard InChI is InChI=1S/C18H11Cl2N3O2S2/c19-13-3-1-5-15(16(13)20)27(24,25)23-12-8-6-11(7-9-12)17-22-14-4-2-10-21-18(14)26-17/h1-10,23H. The van der Waals surface area contributed by atoms with Gasteiger partial charge in [-0.1, -0.05) is 40.6 Å². The normalized spacial score (nSPS) is 11.6. The molecule has 5 nitrogen and oxygen atoms in total. The molecule has 0 bridgehead atoms. The lowest BCUT2D eigenvalue weighted by Crippen LogP contribution is -2.13. The highest BCUT2D eigenvalue weighted by Gasteiger charge is 2.19. The van der Waals surface area contributed by atoms with Gasteiger partial charge in [0.1, 0.15) is 20.3 Å². The largest absolute Gasteiger partial charge is 0.280 e. The minimum atomic E-state index is -3.85. The van der Waals surface area contributed by atoms with Gasteiger partial charge in [-0.25, -0.2) is 18.4 Å². The fourth-order valence-electron chi connectivity index (χ4n) is 2.48. The van der Waals surface area contributed by atoms with Crippen molar-refractivity contribution in [2.75, 3.05) is 4.72 Å². The Labute approximate surface area is 169 Å². The van der Waals surface area contributed by atoms with Crippen molar-refractivity contribution in [3.05, 3.63) is 70.8 Å². The molecule has 2 aromatic carbocycles. The molecule has 136 valence electrons. The molecule has 0 spiro atoms. The topological polar surface area (TPSA) is 72.0 Å². The molecular formula is C18H11Cl2N3O2S2. The van der Waals surface area contributed by atoms with Crippen molar-refractivity contribution in [3.8, 4) is 10.6 Å². The van der Waals surface area contributed by atoms with Gasteiger partial charge in [-0.3, -0.25) is 4.72 Å². The number of nitrogens with zero attached hydrogens (tertiary/aromatic N) is 2. The quantitative estimate of drug-likeness (QED) is 0.461. The van der Waals surface area contributed by atoms with Crippen LogP contribution in [0.5, 0.6) is 0 Å². The first-order chi connectivity index (χ1) is 12.9. The zero-order valence-electron chi connectivity index (χ0n) is 13.6. The zero-order valence-corrected chi connectivity index (χ0v) is 16.7. The van der Waals surface area contributed by atoms with Gasteiger partial charge in [0.05, 0.1) is 10.0 Å². The van der Waals surface area contributed by atoms with Crippen molar-refractivity contribution >= 4 is 60.6 Å². The van der Waals surface area contributed by atoms with E-state index in [1.54, 1.807) is 30.5 Å². The molecular weight excluding hydrogens is 425 g/mol. The third kappa shape index (κ3) is 3.64. The summed E-state index contributed by atoms with van der Waals surface area (Å²) in [6.45, 7) is 0. The molecule has 0 aliphatic rings. The Morgan fingerprint density at radius 3 is 2.48 bits per heavy atom. The van der Waals surface area contributed by atoms with Crippen LogP contribution < -0.4 is 4.72 Å². The number of nitrogens with one attached hydrogen (secondary N) is 1. The van der Waals surface area contributed by atoms with E-state index >= 15 is 0 Å². The highest BCUT2D eigenvalue weighted by atomic mass is 35.5. The molecule has 4 rings (SSSR count). The van der Waals surface area contributed by atoms with Gasteiger partial charge in [-0.15, -0.1) is 0 Å². The van der Waals surface area contributed by atoms with Crippen molar-refractivity contribution in [2.24, 2.45) is 0 Å². The maximum atomic E-state index is 12.6.